The number of benzene rings is 1. The van der Waals surface area contributed by atoms with E-state index in [0.29, 0.717) is 5.39 Å². The number of esters is 4. The minimum absolute atomic E-state index is 0.190. The second kappa shape index (κ2) is 10.5. The molecule has 0 bridgehead atoms. The fraction of sp³-hybridized carbons (Fsp3) is 0.476. The zero-order valence-electron chi connectivity index (χ0n) is 19.2. The van der Waals surface area contributed by atoms with Crippen molar-refractivity contribution in [2.75, 3.05) is 6.61 Å². The second-order valence-electron chi connectivity index (χ2n) is 7.70. The Morgan fingerprint density at radius 2 is 1.57 bits per heavy atom. The molecule has 35 heavy (non-hydrogen) atoms. The van der Waals surface area contributed by atoms with Gasteiger partial charge in [0.1, 0.15) is 12.7 Å². The summed E-state index contributed by atoms with van der Waals surface area (Å²) < 4.78 is 28.4. The van der Waals surface area contributed by atoms with Crippen LogP contribution < -0.4 is 0 Å². The molecule has 3 rings (SSSR count). The predicted molar refractivity (Wildman–Crippen MR) is 114 cm³/mol. The largest absolute Gasteiger partial charge is 0.463 e. The molecular weight excluding hydrogens is 470 g/mol. The van der Waals surface area contributed by atoms with E-state index in [1.165, 1.54) is 36.0 Å². The topological polar surface area (TPSA) is 175 Å². The van der Waals surface area contributed by atoms with Gasteiger partial charge in [-0.15, -0.1) is 0 Å². The molecule has 14 heteroatoms. The summed E-state index contributed by atoms with van der Waals surface area (Å²) >= 11 is 0. The predicted octanol–water partition coefficient (Wildman–Crippen LogP) is 1.20. The van der Waals surface area contributed by atoms with Crippen LogP contribution in [-0.4, -0.2) is 69.6 Å². The molecule has 0 saturated carbocycles. The van der Waals surface area contributed by atoms with Gasteiger partial charge in [-0.1, -0.05) is 0 Å². The Labute approximate surface area is 198 Å². The van der Waals surface area contributed by atoms with Gasteiger partial charge in [0, 0.05) is 51.4 Å². The lowest BCUT2D eigenvalue weighted by Gasteiger charge is -2.44. The Kier molecular flexibility index (Phi) is 7.64. The smallest absolute Gasteiger partial charge is 0.303 e. The highest BCUT2D eigenvalue weighted by Crippen LogP contribution is 2.35. The van der Waals surface area contributed by atoms with Crippen LogP contribution in [0.2, 0.25) is 0 Å². The van der Waals surface area contributed by atoms with E-state index in [2.05, 4.69) is 5.10 Å². The third kappa shape index (κ3) is 6.09. The van der Waals surface area contributed by atoms with Crippen molar-refractivity contribution in [3.05, 3.63) is 34.5 Å². The molecule has 2 heterocycles. The fourth-order valence-corrected chi connectivity index (χ4v) is 3.69. The lowest BCUT2D eigenvalue weighted by Crippen LogP contribution is -2.60. The maximum atomic E-state index is 11.9. The summed E-state index contributed by atoms with van der Waals surface area (Å²) in [4.78, 5) is 57.6. The third-order valence-corrected chi connectivity index (χ3v) is 4.95. The van der Waals surface area contributed by atoms with Crippen LogP contribution in [0.1, 0.15) is 33.9 Å². The van der Waals surface area contributed by atoms with Crippen molar-refractivity contribution >= 4 is 40.5 Å². The molecule has 1 aromatic heterocycles. The number of carbonyl (C=O) groups excluding carboxylic acids is 4. The molecule has 0 unspecified atom stereocenters. The van der Waals surface area contributed by atoms with Gasteiger partial charge in [-0.2, -0.15) is 5.10 Å². The molecule has 1 aliphatic heterocycles. The zero-order valence-corrected chi connectivity index (χ0v) is 19.2. The first-order valence-corrected chi connectivity index (χ1v) is 10.4. The van der Waals surface area contributed by atoms with Crippen molar-refractivity contribution in [2.24, 2.45) is 0 Å². The van der Waals surface area contributed by atoms with Gasteiger partial charge in [-0.25, -0.2) is 4.68 Å². The van der Waals surface area contributed by atoms with Gasteiger partial charge in [0.05, 0.1) is 10.4 Å². The monoisotopic (exact) mass is 493 g/mol. The molecule has 0 N–H and O–H groups in total. The Balaban J connectivity index is 2.10. The van der Waals surface area contributed by atoms with Gasteiger partial charge < -0.3 is 23.7 Å². The maximum Gasteiger partial charge on any atom is 0.303 e. The number of nitrogens with zero attached hydrogens (tertiary/aromatic N) is 3. The van der Waals surface area contributed by atoms with Crippen LogP contribution in [0, 0.1) is 10.1 Å². The number of non-ortho nitro benzene ring substituents is 1. The molecule has 0 amide bonds. The summed E-state index contributed by atoms with van der Waals surface area (Å²) in [5.74, 6) is -2.92. The lowest BCUT2D eigenvalue weighted by molar-refractivity contribution is -0.384. The average Bonchev–Trinajstić information content (AvgIpc) is 3.17. The maximum absolute atomic E-state index is 11.9. The summed E-state index contributed by atoms with van der Waals surface area (Å²) in [6.45, 7) is 4.13. The Morgan fingerprint density at radius 1 is 0.971 bits per heavy atom. The van der Waals surface area contributed by atoms with E-state index in [9.17, 15) is 29.3 Å². The minimum atomic E-state index is -1.36. The fourth-order valence-electron chi connectivity index (χ4n) is 3.69. The van der Waals surface area contributed by atoms with Gasteiger partial charge >= 0.3 is 23.9 Å². The van der Waals surface area contributed by atoms with Gasteiger partial charge in [0.25, 0.3) is 5.69 Å². The number of hydrogen-bond donors (Lipinski definition) is 0. The van der Waals surface area contributed by atoms with Crippen LogP contribution in [0.5, 0.6) is 0 Å². The van der Waals surface area contributed by atoms with Crippen LogP contribution in [0.3, 0.4) is 0 Å². The summed E-state index contributed by atoms with van der Waals surface area (Å²) in [6, 6.07) is 4.01. The number of ether oxygens (including phenoxy) is 5. The van der Waals surface area contributed by atoms with E-state index in [-0.39, 0.29) is 17.8 Å². The van der Waals surface area contributed by atoms with Crippen molar-refractivity contribution < 1.29 is 47.8 Å². The molecule has 1 fully saturated rings. The highest BCUT2D eigenvalue weighted by Gasteiger charge is 2.53. The molecule has 0 radical (unpaired) electrons. The van der Waals surface area contributed by atoms with Crippen LogP contribution in [0.15, 0.2) is 24.4 Å². The van der Waals surface area contributed by atoms with E-state index >= 15 is 0 Å². The molecule has 1 saturated heterocycles. The van der Waals surface area contributed by atoms with Crippen molar-refractivity contribution in [3.63, 3.8) is 0 Å². The van der Waals surface area contributed by atoms with Crippen LogP contribution in [-0.2, 0) is 42.9 Å². The number of nitro benzene ring substituents is 1. The normalized spacial score (nSPS) is 23.8. The molecule has 2 aromatic rings. The highest BCUT2D eigenvalue weighted by atomic mass is 16.7. The summed E-state index contributed by atoms with van der Waals surface area (Å²) in [5.41, 5.74) is 0.0522. The van der Waals surface area contributed by atoms with Crippen molar-refractivity contribution in [3.8, 4) is 0 Å². The molecule has 1 aromatic carbocycles. The van der Waals surface area contributed by atoms with Crippen molar-refractivity contribution in [1.82, 2.24) is 9.78 Å². The van der Waals surface area contributed by atoms with Crippen LogP contribution in [0.25, 0.3) is 10.9 Å². The number of hydrogen-bond acceptors (Lipinski definition) is 12. The minimum Gasteiger partial charge on any atom is -0.463 e. The molecule has 1 aliphatic rings. The number of rotatable bonds is 7. The van der Waals surface area contributed by atoms with E-state index in [1.807, 2.05) is 0 Å². The Morgan fingerprint density at radius 3 is 2.14 bits per heavy atom. The first-order valence-electron chi connectivity index (χ1n) is 10.4. The van der Waals surface area contributed by atoms with E-state index < -0.39 is 59.4 Å². The Hall–Kier alpha value is -4.07. The third-order valence-electron chi connectivity index (χ3n) is 4.95. The number of fused-ring (bicyclic) bond motifs is 1. The van der Waals surface area contributed by atoms with E-state index in [1.54, 1.807) is 0 Å². The van der Waals surface area contributed by atoms with E-state index in [4.69, 9.17) is 23.7 Å². The van der Waals surface area contributed by atoms with Gasteiger partial charge in [-0.05, 0) is 6.07 Å². The van der Waals surface area contributed by atoms with Gasteiger partial charge in [-0.3, -0.25) is 29.3 Å². The van der Waals surface area contributed by atoms with Crippen LogP contribution >= 0.6 is 0 Å². The summed E-state index contributed by atoms with van der Waals surface area (Å²) in [5, 5.41) is 15.9. The first-order chi connectivity index (χ1) is 16.5. The molecule has 0 aliphatic carbocycles. The first kappa shape index (κ1) is 25.6. The summed E-state index contributed by atoms with van der Waals surface area (Å²) in [6.07, 6.45) is -4.92. The molecule has 14 nitrogen and oxygen atoms in total. The molecule has 0 spiro atoms. The standard InChI is InChI=1S/C21H23N3O11/c1-10(25)31-9-17-18(32-11(2)26)19(33-12(3)27)20(34-13(4)28)21(35-17)23-8-14-5-6-15(24(29)30)7-16(14)22-23/h5-8,17-21H,9H2,1-4H3/t17-,18+,19+,20-,21+/m1/s1. The Bertz CT molecular complexity index is 1160. The average molecular weight is 493 g/mol. The van der Waals surface area contributed by atoms with Gasteiger partial charge in [0.15, 0.2) is 24.5 Å². The number of aromatic nitrogens is 2. The molecular formula is C21H23N3O11. The molecule has 188 valence electrons. The van der Waals surface area contributed by atoms with Crippen molar-refractivity contribution in [2.45, 2.75) is 58.3 Å². The summed E-state index contributed by atoms with van der Waals surface area (Å²) in [7, 11) is 0. The van der Waals surface area contributed by atoms with E-state index in [0.717, 1.165) is 20.8 Å². The second-order valence-corrected chi connectivity index (χ2v) is 7.70. The number of nitro groups is 1. The highest BCUT2D eigenvalue weighted by molar-refractivity contribution is 5.80. The van der Waals surface area contributed by atoms with Gasteiger partial charge in [0.2, 0.25) is 0 Å². The lowest BCUT2D eigenvalue weighted by atomic mass is 9.97. The number of carbonyl (C=O) groups is 4. The quantitative estimate of drug-likeness (QED) is 0.233. The van der Waals surface area contributed by atoms with Crippen LogP contribution in [0.4, 0.5) is 5.69 Å². The van der Waals surface area contributed by atoms with Crippen molar-refractivity contribution in [1.29, 1.82) is 0 Å². The molecule has 5 atom stereocenters. The zero-order chi connectivity index (χ0) is 25.9. The SMILES string of the molecule is CC(=O)OC[C@H]1O[C@H](n2cc3ccc([N+](=O)[O-])cc3n2)[C@H](OC(C)=O)[C@@H](OC(C)=O)[C@H]1OC(C)=O.